The number of hydrogen-bond acceptors (Lipinski definition) is 3. The summed E-state index contributed by atoms with van der Waals surface area (Å²) in [4.78, 5) is 0. The van der Waals surface area contributed by atoms with Crippen LogP contribution in [0, 0.1) is 0 Å². The molecule has 4 nitrogen and oxygen atoms in total. The van der Waals surface area contributed by atoms with Crippen LogP contribution in [0.1, 0.15) is 12.5 Å². The van der Waals surface area contributed by atoms with E-state index in [0.717, 1.165) is 17.8 Å². The summed E-state index contributed by atoms with van der Waals surface area (Å²) >= 11 is 6.07. The molecule has 5 heteroatoms. The number of nitrogens with zero attached hydrogens (tertiary/aromatic N) is 2. The maximum Gasteiger partial charge on any atom is 0.137 e. The molecule has 0 radical (unpaired) electrons. The van der Waals surface area contributed by atoms with E-state index >= 15 is 0 Å². The normalized spacial score (nSPS) is 10.4. The predicted molar refractivity (Wildman–Crippen MR) is 73.2 cm³/mol. The van der Waals surface area contributed by atoms with E-state index in [4.69, 9.17) is 16.3 Å². The van der Waals surface area contributed by atoms with Crippen molar-refractivity contribution in [2.75, 3.05) is 12.4 Å². The van der Waals surface area contributed by atoms with Gasteiger partial charge in [-0.1, -0.05) is 17.7 Å². The van der Waals surface area contributed by atoms with Crippen LogP contribution < -0.4 is 10.1 Å². The summed E-state index contributed by atoms with van der Waals surface area (Å²) in [7, 11) is 1.61. The molecule has 1 heterocycles. The third-order valence-corrected chi connectivity index (χ3v) is 2.97. The summed E-state index contributed by atoms with van der Waals surface area (Å²) in [5, 5.41) is 8.12. The van der Waals surface area contributed by atoms with E-state index < -0.39 is 0 Å². The number of aromatic nitrogens is 2. The molecule has 1 N–H and O–H groups in total. The molecule has 0 aliphatic carbocycles. The Bertz CT molecular complexity index is 525. The molecule has 0 atom stereocenters. The van der Waals surface area contributed by atoms with Crippen molar-refractivity contribution in [3.63, 3.8) is 0 Å². The predicted octanol–water partition coefficient (Wildman–Crippen LogP) is 3.18. The number of benzene rings is 1. The molecule has 0 unspecified atom stereocenters. The summed E-state index contributed by atoms with van der Waals surface area (Å²) in [5.41, 5.74) is 2.11. The Kier molecular flexibility index (Phi) is 4.10. The molecule has 0 saturated carbocycles. The largest absolute Gasteiger partial charge is 0.495 e. The van der Waals surface area contributed by atoms with Crippen molar-refractivity contribution in [3.05, 3.63) is 41.2 Å². The Morgan fingerprint density at radius 3 is 2.89 bits per heavy atom. The van der Waals surface area contributed by atoms with Crippen LogP contribution in [0.4, 0.5) is 5.69 Å². The minimum atomic E-state index is 0.626. The standard InChI is InChI=1S/C13H16ClN3O/c1-3-17-9-11(8-16-17)15-7-10-4-5-13(18-2)12(14)6-10/h4-6,8-9,15H,3,7H2,1-2H3. The zero-order valence-electron chi connectivity index (χ0n) is 10.5. The zero-order chi connectivity index (χ0) is 13.0. The highest BCUT2D eigenvalue weighted by atomic mass is 35.5. The summed E-state index contributed by atoms with van der Waals surface area (Å²) in [5.74, 6) is 0.694. The number of anilines is 1. The van der Waals surface area contributed by atoms with Gasteiger partial charge in [-0.15, -0.1) is 0 Å². The van der Waals surface area contributed by atoms with Gasteiger partial charge in [0.15, 0.2) is 0 Å². The van der Waals surface area contributed by atoms with Crippen LogP contribution in [-0.2, 0) is 13.1 Å². The van der Waals surface area contributed by atoms with Crippen molar-refractivity contribution in [1.29, 1.82) is 0 Å². The fourth-order valence-electron chi connectivity index (χ4n) is 1.65. The number of ether oxygens (including phenoxy) is 1. The van der Waals surface area contributed by atoms with Crippen LogP contribution in [0.25, 0.3) is 0 Å². The summed E-state index contributed by atoms with van der Waals surface area (Å²) in [6.45, 7) is 3.63. The smallest absolute Gasteiger partial charge is 0.137 e. The first-order valence-electron chi connectivity index (χ1n) is 5.81. The third-order valence-electron chi connectivity index (χ3n) is 2.67. The van der Waals surface area contributed by atoms with Crippen LogP contribution >= 0.6 is 11.6 Å². The second kappa shape index (κ2) is 5.78. The highest BCUT2D eigenvalue weighted by Gasteiger charge is 2.02. The summed E-state index contributed by atoms with van der Waals surface area (Å²) in [6, 6.07) is 5.76. The number of nitrogens with one attached hydrogen (secondary N) is 1. The van der Waals surface area contributed by atoms with Crippen molar-refractivity contribution in [2.24, 2.45) is 0 Å². The lowest BCUT2D eigenvalue weighted by Crippen LogP contribution is -1.99. The quantitative estimate of drug-likeness (QED) is 0.903. The molecular weight excluding hydrogens is 250 g/mol. The Morgan fingerprint density at radius 1 is 1.44 bits per heavy atom. The van der Waals surface area contributed by atoms with Gasteiger partial charge in [0.1, 0.15) is 5.75 Å². The van der Waals surface area contributed by atoms with E-state index in [1.807, 2.05) is 35.3 Å². The SMILES string of the molecule is CCn1cc(NCc2ccc(OC)c(Cl)c2)cn1. The molecule has 96 valence electrons. The average molecular weight is 266 g/mol. The minimum Gasteiger partial charge on any atom is -0.495 e. The van der Waals surface area contributed by atoms with Gasteiger partial charge in [0.25, 0.3) is 0 Å². The van der Waals surface area contributed by atoms with Gasteiger partial charge in [-0.25, -0.2) is 0 Å². The maximum atomic E-state index is 6.07. The Morgan fingerprint density at radius 2 is 2.28 bits per heavy atom. The minimum absolute atomic E-state index is 0.626. The molecule has 18 heavy (non-hydrogen) atoms. The molecule has 2 aromatic rings. The van der Waals surface area contributed by atoms with Crippen LogP contribution in [0.3, 0.4) is 0 Å². The lowest BCUT2D eigenvalue weighted by Gasteiger charge is -2.07. The van der Waals surface area contributed by atoms with E-state index in [1.54, 1.807) is 7.11 Å². The van der Waals surface area contributed by atoms with Crippen LogP contribution in [0.5, 0.6) is 5.75 Å². The Balaban J connectivity index is 1.99. The number of methoxy groups -OCH3 is 1. The maximum absolute atomic E-state index is 6.07. The third kappa shape index (κ3) is 2.96. The van der Waals surface area contributed by atoms with Gasteiger partial charge in [-0.2, -0.15) is 5.10 Å². The second-order valence-electron chi connectivity index (χ2n) is 3.91. The van der Waals surface area contributed by atoms with Crippen molar-refractivity contribution in [1.82, 2.24) is 9.78 Å². The lowest BCUT2D eigenvalue weighted by molar-refractivity contribution is 0.415. The van der Waals surface area contributed by atoms with Gasteiger partial charge in [-0.05, 0) is 24.6 Å². The van der Waals surface area contributed by atoms with Gasteiger partial charge in [0, 0.05) is 19.3 Å². The van der Waals surface area contributed by atoms with Crippen molar-refractivity contribution in [2.45, 2.75) is 20.0 Å². The fraction of sp³-hybridized carbons (Fsp3) is 0.308. The number of aryl methyl sites for hydroxylation is 1. The van der Waals surface area contributed by atoms with E-state index in [1.165, 1.54) is 0 Å². The number of rotatable bonds is 5. The van der Waals surface area contributed by atoms with Crippen LogP contribution in [0.2, 0.25) is 5.02 Å². The first-order valence-corrected chi connectivity index (χ1v) is 6.19. The van der Waals surface area contributed by atoms with Gasteiger partial charge in [-0.3, -0.25) is 4.68 Å². The Labute approximate surface area is 112 Å². The monoisotopic (exact) mass is 265 g/mol. The van der Waals surface area contributed by atoms with Crippen LogP contribution in [0.15, 0.2) is 30.6 Å². The molecule has 1 aromatic carbocycles. The first kappa shape index (κ1) is 12.8. The second-order valence-corrected chi connectivity index (χ2v) is 4.31. The van der Waals surface area contributed by atoms with Gasteiger partial charge < -0.3 is 10.1 Å². The lowest BCUT2D eigenvalue weighted by atomic mass is 10.2. The molecular formula is C13H16ClN3O. The molecule has 2 rings (SSSR count). The summed E-state index contributed by atoms with van der Waals surface area (Å²) < 4.78 is 6.99. The van der Waals surface area contributed by atoms with Gasteiger partial charge >= 0.3 is 0 Å². The van der Waals surface area contributed by atoms with Crippen molar-refractivity contribution < 1.29 is 4.74 Å². The number of hydrogen-bond donors (Lipinski definition) is 1. The fourth-order valence-corrected chi connectivity index (χ4v) is 1.93. The number of halogens is 1. The Hall–Kier alpha value is -1.68. The van der Waals surface area contributed by atoms with Gasteiger partial charge in [0.2, 0.25) is 0 Å². The molecule has 0 aliphatic rings. The first-order chi connectivity index (χ1) is 8.72. The molecule has 1 aromatic heterocycles. The molecule has 0 saturated heterocycles. The zero-order valence-corrected chi connectivity index (χ0v) is 11.2. The van der Waals surface area contributed by atoms with E-state index in [0.29, 0.717) is 17.3 Å². The van der Waals surface area contributed by atoms with Crippen molar-refractivity contribution >= 4 is 17.3 Å². The average Bonchev–Trinajstić information content (AvgIpc) is 2.84. The highest BCUT2D eigenvalue weighted by Crippen LogP contribution is 2.25. The van der Waals surface area contributed by atoms with E-state index in [2.05, 4.69) is 17.3 Å². The molecule has 0 fully saturated rings. The van der Waals surface area contributed by atoms with E-state index in [-0.39, 0.29) is 0 Å². The van der Waals surface area contributed by atoms with Crippen LogP contribution in [-0.4, -0.2) is 16.9 Å². The topological polar surface area (TPSA) is 39.1 Å². The highest BCUT2D eigenvalue weighted by molar-refractivity contribution is 6.32. The molecule has 0 aliphatic heterocycles. The summed E-state index contributed by atoms with van der Waals surface area (Å²) in [6.07, 6.45) is 3.79. The molecule has 0 bridgehead atoms. The molecule has 0 spiro atoms. The molecule has 0 amide bonds. The van der Waals surface area contributed by atoms with Gasteiger partial charge in [0.05, 0.1) is 24.0 Å². The van der Waals surface area contributed by atoms with Crippen molar-refractivity contribution in [3.8, 4) is 5.75 Å². The van der Waals surface area contributed by atoms with E-state index in [9.17, 15) is 0 Å².